The van der Waals surface area contributed by atoms with Crippen LogP contribution in [0.3, 0.4) is 0 Å². The number of benzene rings is 1. The van der Waals surface area contributed by atoms with Gasteiger partial charge in [-0.15, -0.1) is 5.10 Å². The van der Waals surface area contributed by atoms with Crippen molar-refractivity contribution in [1.82, 2.24) is 15.0 Å². The molecule has 0 bridgehead atoms. The maximum Gasteiger partial charge on any atom is 0.0877 e. The van der Waals surface area contributed by atoms with Gasteiger partial charge in [-0.05, 0) is 11.6 Å². The van der Waals surface area contributed by atoms with Gasteiger partial charge in [-0.3, -0.25) is 0 Å². The van der Waals surface area contributed by atoms with E-state index in [1.54, 1.807) is 10.9 Å². The van der Waals surface area contributed by atoms with Crippen LogP contribution in [0, 0.1) is 0 Å². The van der Waals surface area contributed by atoms with Crippen molar-refractivity contribution in [2.75, 3.05) is 31.2 Å². The highest BCUT2D eigenvalue weighted by molar-refractivity contribution is 5.53. The van der Waals surface area contributed by atoms with Gasteiger partial charge in [-0.2, -0.15) is 0 Å². The molecule has 1 aliphatic rings. The second kappa shape index (κ2) is 5.18. The first-order valence-electron chi connectivity index (χ1n) is 6.60. The Hall–Kier alpha value is -1.88. The van der Waals surface area contributed by atoms with E-state index in [0.29, 0.717) is 6.54 Å². The Labute approximate surface area is 107 Å². The second-order valence-electron chi connectivity index (χ2n) is 4.27. The van der Waals surface area contributed by atoms with Gasteiger partial charge in [-0.25, -0.2) is 4.68 Å². The molecule has 94 valence electrons. The van der Waals surface area contributed by atoms with Crippen molar-refractivity contribution in [1.29, 1.82) is 0 Å². The van der Waals surface area contributed by atoms with Crippen molar-refractivity contribution < 1.29 is 6.11 Å². The first-order chi connectivity index (χ1) is 9.33. The third-order valence-electron chi connectivity index (χ3n) is 3.10. The Morgan fingerprint density at radius 2 is 2.11 bits per heavy atom. The standard InChI is InChI=1S/C13H16N4O/c1-2-4-13(16-7-9-18-10-8-16)12(3-1)11-17-6-5-14-15-17/h1-6H,7-11H2/i5D. The first-order valence-corrected chi connectivity index (χ1v) is 6.10. The van der Waals surface area contributed by atoms with E-state index in [2.05, 4.69) is 27.3 Å². The molecule has 5 nitrogen and oxygen atoms in total. The molecule has 1 fully saturated rings. The van der Waals surface area contributed by atoms with Crippen LogP contribution in [0.15, 0.2) is 36.6 Å². The lowest BCUT2D eigenvalue weighted by molar-refractivity contribution is 0.122. The minimum absolute atomic E-state index is 0.198. The molecular formula is C13H16N4O. The summed E-state index contributed by atoms with van der Waals surface area (Å²) in [6.07, 6.45) is 1.83. The molecule has 0 aliphatic carbocycles. The number of aromatic nitrogens is 3. The van der Waals surface area contributed by atoms with Gasteiger partial charge in [0.2, 0.25) is 0 Å². The van der Waals surface area contributed by atoms with E-state index < -0.39 is 0 Å². The molecule has 0 amide bonds. The number of para-hydroxylation sites is 1. The molecule has 1 aliphatic heterocycles. The van der Waals surface area contributed by atoms with Gasteiger partial charge in [0.1, 0.15) is 0 Å². The minimum Gasteiger partial charge on any atom is -0.378 e. The van der Waals surface area contributed by atoms with Gasteiger partial charge in [0.25, 0.3) is 0 Å². The molecule has 2 heterocycles. The van der Waals surface area contributed by atoms with E-state index >= 15 is 0 Å². The van der Waals surface area contributed by atoms with E-state index in [9.17, 15) is 0 Å². The van der Waals surface area contributed by atoms with Crippen LogP contribution in [0.5, 0.6) is 0 Å². The molecule has 0 spiro atoms. The van der Waals surface area contributed by atoms with Crippen LogP contribution >= 0.6 is 0 Å². The van der Waals surface area contributed by atoms with Gasteiger partial charge in [0.15, 0.2) is 0 Å². The number of hydrogen-bond acceptors (Lipinski definition) is 4. The van der Waals surface area contributed by atoms with E-state index in [-0.39, 0.29) is 6.17 Å². The van der Waals surface area contributed by atoms with Gasteiger partial charge >= 0.3 is 0 Å². The highest BCUT2D eigenvalue weighted by Crippen LogP contribution is 2.22. The van der Waals surface area contributed by atoms with E-state index in [1.807, 2.05) is 12.1 Å². The molecule has 3 rings (SSSR count). The van der Waals surface area contributed by atoms with E-state index in [1.165, 1.54) is 11.3 Å². The lowest BCUT2D eigenvalue weighted by atomic mass is 10.1. The molecule has 0 atom stereocenters. The number of nitrogens with zero attached hydrogens (tertiary/aromatic N) is 4. The van der Waals surface area contributed by atoms with Gasteiger partial charge in [0, 0.05) is 25.0 Å². The lowest BCUT2D eigenvalue weighted by Gasteiger charge is -2.30. The Kier molecular flexibility index (Phi) is 2.90. The molecular weight excluding hydrogens is 228 g/mol. The molecule has 0 N–H and O–H groups in total. The Bertz CT molecular complexity index is 551. The summed E-state index contributed by atoms with van der Waals surface area (Å²) in [7, 11) is 0. The molecule has 2 aromatic rings. The van der Waals surface area contributed by atoms with E-state index in [0.717, 1.165) is 26.3 Å². The summed E-state index contributed by atoms with van der Waals surface area (Å²) in [5.41, 5.74) is 2.40. The van der Waals surface area contributed by atoms with Crippen molar-refractivity contribution in [3.8, 4) is 0 Å². The zero-order valence-electron chi connectivity index (χ0n) is 11.1. The van der Waals surface area contributed by atoms with E-state index in [4.69, 9.17) is 6.11 Å². The molecule has 0 unspecified atom stereocenters. The minimum atomic E-state index is 0.198. The maximum absolute atomic E-state index is 7.41. The average Bonchev–Trinajstić information content (AvgIpc) is 2.86. The Balaban J connectivity index is 1.84. The average molecular weight is 245 g/mol. The van der Waals surface area contributed by atoms with Crippen LogP contribution < -0.4 is 4.90 Å². The fourth-order valence-electron chi connectivity index (χ4n) is 2.21. The Morgan fingerprint density at radius 3 is 2.89 bits per heavy atom. The van der Waals surface area contributed by atoms with Gasteiger partial charge in [-0.1, -0.05) is 23.4 Å². The summed E-state index contributed by atoms with van der Waals surface area (Å²) in [6.45, 7) is 4.01. The second-order valence-corrected chi connectivity index (χ2v) is 4.27. The zero-order valence-corrected chi connectivity index (χ0v) is 10.1. The van der Waals surface area contributed by atoms with Crippen LogP contribution in [-0.2, 0) is 11.3 Å². The normalized spacial score (nSPS) is 16.7. The predicted octanol–water partition coefficient (Wildman–Crippen LogP) is 1.16. The van der Waals surface area contributed by atoms with Crippen LogP contribution in [0.25, 0.3) is 0 Å². The number of rotatable bonds is 3. The zero-order chi connectivity index (χ0) is 13.1. The van der Waals surface area contributed by atoms with Crippen LogP contribution in [0.2, 0.25) is 0 Å². The molecule has 1 aromatic heterocycles. The third kappa shape index (κ3) is 2.36. The number of ether oxygens (including phenoxy) is 1. The predicted molar refractivity (Wildman–Crippen MR) is 68.6 cm³/mol. The van der Waals surface area contributed by atoms with Gasteiger partial charge in [0.05, 0.1) is 27.3 Å². The molecule has 1 saturated heterocycles. The number of hydrogen-bond donors (Lipinski definition) is 0. The van der Waals surface area contributed by atoms with Crippen LogP contribution in [0.1, 0.15) is 6.93 Å². The smallest absolute Gasteiger partial charge is 0.0877 e. The van der Waals surface area contributed by atoms with Crippen molar-refractivity contribution in [2.24, 2.45) is 0 Å². The Morgan fingerprint density at radius 1 is 1.28 bits per heavy atom. The summed E-state index contributed by atoms with van der Waals surface area (Å²) in [5.74, 6) is 0. The SMILES string of the molecule is [2H]c1cn(Cc2ccccc2N2CCOCC2)nn1. The van der Waals surface area contributed by atoms with Crippen LogP contribution in [0.4, 0.5) is 5.69 Å². The number of anilines is 1. The first kappa shape index (κ1) is 10.1. The maximum atomic E-state index is 7.41. The molecule has 0 saturated carbocycles. The summed E-state index contributed by atoms with van der Waals surface area (Å²) in [6, 6.07) is 8.29. The molecule has 18 heavy (non-hydrogen) atoms. The monoisotopic (exact) mass is 245 g/mol. The van der Waals surface area contributed by atoms with Crippen molar-refractivity contribution in [2.45, 2.75) is 6.54 Å². The molecule has 5 heteroatoms. The summed E-state index contributed by atoms with van der Waals surface area (Å²) < 4.78 is 14.5. The lowest BCUT2D eigenvalue weighted by Crippen LogP contribution is -2.36. The topological polar surface area (TPSA) is 43.2 Å². The molecule has 1 aromatic carbocycles. The fraction of sp³-hybridized carbons (Fsp3) is 0.385. The third-order valence-corrected chi connectivity index (χ3v) is 3.10. The fourth-order valence-corrected chi connectivity index (χ4v) is 2.21. The quantitative estimate of drug-likeness (QED) is 0.814. The largest absolute Gasteiger partial charge is 0.378 e. The molecule has 0 radical (unpaired) electrons. The van der Waals surface area contributed by atoms with Gasteiger partial charge < -0.3 is 9.64 Å². The highest BCUT2D eigenvalue weighted by Gasteiger charge is 2.14. The van der Waals surface area contributed by atoms with Crippen LogP contribution in [-0.4, -0.2) is 41.3 Å². The van der Waals surface area contributed by atoms with Crippen molar-refractivity contribution in [3.63, 3.8) is 0 Å². The van der Waals surface area contributed by atoms with Crippen molar-refractivity contribution in [3.05, 3.63) is 42.2 Å². The highest BCUT2D eigenvalue weighted by atomic mass is 16.5. The summed E-state index contributed by atoms with van der Waals surface area (Å²) in [5, 5.41) is 7.63. The summed E-state index contributed by atoms with van der Waals surface area (Å²) >= 11 is 0. The number of morpholine rings is 1. The van der Waals surface area contributed by atoms with Crippen molar-refractivity contribution >= 4 is 5.69 Å². The summed E-state index contributed by atoms with van der Waals surface area (Å²) in [4.78, 5) is 2.33.